The van der Waals surface area contributed by atoms with Gasteiger partial charge in [0.15, 0.2) is 17.6 Å². The minimum absolute atomic E-state index is 0.170. The molecule has 0 saturated heterocycles. The fourth-order valence-corrected chi connectivity index (χ4v) is 3.27. The molecule has 29 heavy (non-hydrogen) atoms. The van der Waals surface area contributed by atoms with Gasteiger partial charge >= 0.3 is 5.97 Å². The van der Waals surface area contributed by atoms with Gasteiger partial charge in [0, 0.05) is 6.42 Å². The number of hydrogen-bond donors (Lipinski definition) is 1. The molecule has 1 N–H and O–H groups in total. The van der Waals surface area contributed by atoms with Gasteiger partial charge in [-0.1, -0.05) is 48.5 Å². The van der Waals surface area contributed by atoms with Crippen molar-refractivity contribution in [1.29, 1.82) is 0 Å². The van der Waals surface area contributed by atoms with Gasteiger partial charge in [-0.2, -0.15) is 0 Å². The molecule has 1 unspecified atom stereocenters. The van der Waals surface area contributed by atoms with Crippen LogP contribution < -0.4 is 9.47 Å². The second-order valence-corrected chi connectivity index (χ2v) is 7.13. The van der Waals surface area contributed by atoms with Crippen molar-refractivity contribution in [3.05, 3.63) is 71.8 Å². The van der Waals surface area contributed by atoms with E-state index in [9.17, 15) is 9.90 Å². The van der Waals surface area contributed by atoms with Gasteiger partial charge in [0.2, 0.25) is 0 Å². The predicted octanol–water partition coefficient (Wildman–Crippen LogP) is 4.85. The lowest BCUT2D eigenvalue weighted by atomic mass is 10.1. The highest BCUT2D eigenvalue weighted by Crippen LogP contribution is 2.30. The van der Waals surface area contributed by atoms with Crippen molar-refractivity contribution in [2.75, 3.05) is 7.11 Å². The van der Waals surface area contributed by atoms with E-state index in [1.165, 1.54) is 0 Å². The summed E-state index contributed by atoms with van der Waals surface area (Å²) in [5, 5.41) is 11.7. The zero-order valence-electron chi connectivity index (χ0n) is 16.9. The molecule has 0 saturated carbocycles. The minimum atomic E-state index is -0.979. The molecular weight excluding hydrogens is 368 g/mol. The number of carbonyl (C=O) groups is 1. The maximum atomic E-state index is 11.5. The van der Waals surface area contributed by atoms with Crippen LogP contribution in [0.1, 0.15) is 25.0 Å². The summed E-state index contributed by atoms with van der Waals surface area (Å²) in [6.45, 7) is 4.03. The van der Waals surface area contributed by atoms with Gasteiger partial charge in [-0.15, -0.1) is 0 Å². The van der Waals surface area contributed by atoms with Gasteiger partial charge in [-0.3, -0.25) is 0 Å². The SMILES string of the molecule is COc1ccc(CC(OC(C)C)C(=O)O)cc1OCc1cccc2ccccc12. The molecule has 0 fully saturated rings. The van der Waals surface area contributed by atoms with Crippen molar-refractivity contribution in [3.8, 4) is 11.5 Å². The van der Waals surface area contributed by atoms with E-state index in [-0.39, 0.29) is 12.5 Å². The third-order valence-corrected chi connectivity index (χ3v) is 4.62. The third kappa shape index (κ3) is 5.27. The number of methoxy groups -OCH3 is 1. The average Bonchev–Trinajstić information content (AvgIpc) is 2.71. The summed E-state index contributed by atoms with van der Waals surface area (Å²) in [6, 6.07) is 19.7. The molecule has 0 aromatic heterocycles. The number of hydrogen-bond acceptors (Lipinski definition) is 4. The molecule has 0 aliphatic heterocycles. The van der Waals surface area contributed by atoms with Gasteiger partial charge in [0.1, 0.15) is 6.61 Å². The molecule has 0 aliphatic carbocycles. The Morgan fingerprint density at radius 3 is 2.48 bits per heavy atom. The van der Waals surface area contributed by atoms with Crippen LogP contribution in [0.3, 0.4) is 0 Å². The van der Waals surface area contributed by atoms with Crippen LogP contribution in [-0.2, 0) is 22.6 Å². The average molecular weight is 394 g/mol. The normalized spacial score (nSPS) is 12.1. The Hall–Kier alpha value is -3.05. The molecule has 5 heteroatoms. The summed E-state index contributed by atoms with van der Waals surface area (Å²) >= 11 is 0. The molecule has 3 aromatic carbocycles. The number of aliphatic carboxylic acids is 1. The van der Waals surface area contributed by atoms with E-state index >= 15 is 0 Å². The first-order chi connectivity index (χ1) is 14.0. The molecule has 0 amide bonds. The first-order valence-electron chi connectivity index (χ1n) is 9.62. The first kappa shape index (κ1) is 20.7. The maximum absolute atomic E-state index is 11.5. The van der Waals surface area contributed by atoms with Crippen LogP contribution in [0.4, 0.5) is 0 Å². The molecule has 3 rings (SSSR count). The van der Waals surface area contributed by atoms with Gasteiger partial charge in [-0.05, 0) is 47.9 Å². The Morgan fingerprint density at radius 2 is 1.76 bits per heavy atom. The number of carboxylic acid groups (broad SMARTS) is 1. The molecule has 0 radical (unpaired) electrons. The summed E-state index contributed by atoms with van der Waals surface area (Å²) in [4.78, 5) is 11.5. The van der Waals surface area contributed by atoms with Crippen molar-refractivity contribution in [3.63, 3.8) is 0 Å². The van der Waals surface area contributed by atoms with E-state index in [1.807, 2.05) is 50.2 Å². The minimum Gasteiger partial charge on any atom is -0.493 e. The van der Waals surface area contributed by atoms with E-state index in [0.29, 0.717) is 18.1 Å². The molecule has 1 atom stereocenters. The molecule has 3 aromatic rings. The van der Waals surface area contributed by atoms with Crippen LogP contribution in [0.15, 0.2) is 60.7 Å². The molecule has 5 nitrogen and oxygen atoms in total. The molecule has 0 bridgehead atoms. The van der Waals surface area contributed by atoms with Gasteiger partial charge < -0.3 is 19.3 Å². The second-order valence-electron chi connectivity index (χ2n) is 7.13. The Kier molecular flexibility index (Phi) is 6.73. The van der Waals surface area contributed by atoms with Crippen molar-refractivity contribution < 1.29 is 24.1 Å². The summed E-state index contributed by atoms with van der Waals surface area (Å²) in [5.74, 6) is 0.199. The highest BCUT2D eigenvalue weighted by molar-refractivity contribution is 5.85. The lowest BCUT2D eigenvalue weighted by molar-refractivity contribution is -0.153. The highest BCUT2D eigenvalue weighted by atomic mass is 16.5. The third-order valence-electron chi connectivity index (χ3n) is 4.62. The summed E-state index contributed by atoms with van der Waals surface area (Å²) in [7, 11) is 1.59. The number of ether oxygens (including phenoxy) is 3. The van der Waals surface area contributed by atoms with Crippen LogP contribution in [0, 0.1) is 0 Å². The molecule has 0 heterocycles. The quantitative estimate of drug-likeness (QED) is 0.562. The van der Waals surface area contributed by atoms with E-state index in [4.69, 9.17) is 14.2 Å². The van der Waals surface area contributed by atoms with Gasteiger partial charge in [-0.25, -0.2) is 4.79 Å². The lowest BCUT2D eigenvalue weighted by Crippen LogP contribution is -2.29. The lowest BCUT2D eigenvalue weighted by Gasteiger charge is -2.18. The molecular formula is C24H26O5. The molecule has 152 valence electrons. The van der Waals surface area contributed by atoms with E-state index in [1.54, 1.807) is 13.2 Å². The van der Waals surface area contributed by atoms with E-state index in [2.05, 4.69) is 18.2 Å². The highest BCUT2D eigenvalue weighted by Gasteiger charge is 2.21. The van der Waals surface area contributed by atoms with Crippen LogP contribution in [-0.4, -0.2) is 30.4 Å². The Balaban J connectivity index is 1.81. The smallest absolute Gasteiger partial charge is 0.333 e. The number of carboxylic acids is 1. The van der Waals surface area contributed by atoms with Crippen molar-refractivity contribution in [1.82, 2.24) is 0 Å². The monoisotopic (exact) mass is 394 g/mol. The number of rotatable bonds is 9. The van der Waals surface area contributed by atoms with Crippen LogP contribution in [0.25, 0.3) is 10.8 Å². The summed E-state index contributed by atoms with van der Waals surface area (Å²) < 4.78 is 17.0. The largest absolute Gasteiger partial charge is 0.493 e. The Bertz CT molecular complexity index is 975. The molecule has 0 spiro atoms. The standard InChI is InChI=1S/C24H26O5/c1-16(2)29-23(24(25)26)14-17-11-12-21(27-3)22(13-17)28-15-19-9-6-8-18-7-4-5-10-20(18)19/h4-13,16,23H,14-15H2,1-3H3,(H,25,26). The predicted molar refractivity (Wildman–Crippen MR) is 113 cm³/mol. The van der Waals surface area contributed by atoms with Gasteiger partial charge in [0.25, 0.3) is 0 Å². The van der Waals surface area contributed by atoms with Crippen molar-refractivity contribution in [2.24, 2.45) is 0 Å². The zero-order valence-corrected chi connectivity index (χ0v) is 16.9. The van der Waals surface area contributed by atoms with Crippen LogP contribution in [0.2, 0.25) is 0 Å². The summed E-state index contributed by atoms with van der Waals surface area (Å²) in [6.07, 6.45) is -0.826. The maximum Gasteiger partial charge on any atom is 0.333 e. The van der Waals surface area contributed by atoms with E-state index < -0.39 is 12.1 Å². The van der Waals surface area contributed by atoms with E-state index in [0.717, 1.165) is 21.9 Å². The van der Waals surface area contributed by atoms with Crippen LogP contribution in [0.5, 0.6) is 11.5 Å². The van der Waals surface area contributed by atoms with Crippen LogP contribution >= 0.6 is 0 Å². The first-order valence-corrected chi connectivity index (χ1v) is 9.62. The molecule has 0 aliphatic rings. The number of fused-ring (bicyclic) bond motifs is 1. The fraction of sp³-hybridized carbons (Fsp3) is 0.292. The van der Waals surface area contributed by atoms with Crippen molar-refractivity contribution >= 4 is 16.7 Å². The fourth-order valence-electron chi connectivity index (χ4n) is 3.27. The summed E-state index contributed by atoms with van der Waals surface area (Å²) in [5.41, 5.74) is 1.88. The van der Waals surface area contributed by atoms with Crippen molar-refractivity contribution in [2.45, 2.75) is 39.1 Å². The second kappa shape index (κ2) is 9.43. The van der Waals surface area contributed by atoms with Gasteiger partial charge in [0.05, 0.1) is 13.2 Å². The topological polar surface area (TPSA) is 65.0 Å². The zero-order chi connectivity index (χ0) is 20.8. The number of benzene rings is 3. The Labute approximate surface area is 170 Å². The Morgan fingerprint density at radius 1 is 1.00 bits per heavy atom.